The third kappa shape index (κ3) is 2.38. The van der Waals surface area contributed by atoms with Crippen LogP contribution in [0.2, 0.25) is 0 Å². The van der Waals surface area contributed by atoms with Crippen molar-refractivity contribution >= 4 is 5.97 Å². The maximum atomic E-state index is 12.3. The van der Waals surface area contributed by atoms with E-state index in [0.29, 0.717) is 5.56 Å². The summed E-state index contributed by atoms with van der Waals surface area (Å²) in [7, 11) is 0. The summed E-state index contributed by atoms with van der Waals surface area (Å²) in [5.74, 6) is -0.404. The SMILES string of the molecule is CC(C)(C)[C@@]1(O)CO[C@@H]2[C@@H](OC(=O)c3ccccc3)CO[C@@]21C. The van der Waals surface area contributed by atoms with Crippen LogP contribution in [0.5, 0.6) is 0 Å². The molecule has 2 heterocycles. The fourth-order valence-electron chi connectivity index (χ4n) is 3.59. The lowest BCUT2D eigenvalue weighted by Crippen LogP contribution is -2.61. The lowest BCUT2D eigenvalue weighted by atomic mass is 9.67. The van der Waals surface area contributed by atoms with Gasteiger partial charge in [0, 0.05) is 0 Å². The van der Waals surface area contributed by atoms with Crippen LogP contribution in [-0.4, -0.2) is 47.7 Å². The van der Waals surface area contributed by atoms with Crippen molar-refractivity contribution < 1.29 is 24.1 Å². The molecule has 2 saturated heterocycles. The summed E-state index contributed by atoms with van der Waals surface area (Å²) in [6.45, 7) is 8.09. The Bertz CT molecular complexity index is 593. The van der Waals surface area contributed by atoms with Crippen LogP contribution >= 0.6 is 0 Å². The maximum absolute atomic E-state index is 12.3. The molecule has 1 N–H and O–H groups in total. The van der Waals surface area contributed by atoms with Crippen LogP contribution in [0, 0.1) is 5.41 Å². The monoisotopic (exact) mass is 320 g/mol. The van der Waals surface area contributed by atoms with E-state index >= 15 is 0 Å². The highest BCUT2D eigenvalue weighted by Gasteiger charge is 2.69. The molecule has 0 amide bonds. The summed E-state index contributed by atoms with van der Waals surface area (Å²) < 4.78 is 17.3. The van der Waals surface area contributed by atoms with Crippen molar-refractivity contribution in [1.29, 1.82) is 0 Å². The number of hydrogen-bond acceptors (Lipinski definition) is 5. The molecule has 0 bridgehead atoms. The van der Waals surface area contributed by atoms with Crippen molar-refractivity contribution in [2.75, 3.05) is 13.2 Å². The number of aliphatic hydroxyl groups is 1. The molecule has 0 unspecified atom stereocenters. The zero-order valence-corrected chi connectivity index (χ0v) is 14.0. The Hall–Kier alpha value is -1.43. The van der Waals surface area contributed by atoms with Gasteiger partial charge in [-0.15, -0.1) is 0 Å². The lowest BCUT2D eigenvalue weighted by molar-refractivity contribution is -0.179. The molecule has 2 aliphatic rings. The van der Waals surface area contributed by atoms with Gasteiger partial charge in [-0.25, -0.2) is 4.79 Å². The van der Waals surface area contributed by atoms with Crippen LogP contribution in [0.25, 0.3) is 0 Å². The van der Waals surface area contributed by atoms with Gasteiger partial charge in [0.25, 0.3) is 0 Å². The van der Waals surface area contributed by atoms with Crippen molar-refractivity contribution in [3.8, 4) is 0 Å². The van der Waals surface area contributed by atoms with Gasteiger partial charge >= 0.3 is 5.97 Å². The summed E-state index contributed by atoms with van der Waals surface area (Å²) in [4.78, 5) is 12.3. The molecule has 4 atom stereocenters. The summed E-state index contributed by atoms with van der Waals surface area (Å²) in [5.41, 5.74) is -1.97. The first kappa shape index (κ1) is 16.4. The quantitative estimate of drug-likeness (QED) is 0.846. The molecule has 0 aliphatic carbocycles. The van der Waals surface area contributed by atoms with Crippen molar-refractivity contribution in [3.63, 3.8) is 0 Å². The molecule has 2 aliphatic heterocycles. The van der Waals surface area contributed by atoms with E-state index in [1.807, 2.05) is 33.8 Å². The van der Waals surface area contributed by atoms with Gasteiger partial charge in [0.1, 0.15) is 17.3 Å². The average molecular weight is 320 g/mol. The van der Waals surface area contributed by atoms with Crippen LogP contribution in [0.15, 0.2) is 30.3 Å². The zero-order valence-electron chi connectivity index (χ0n) is 14.0. The van der Waals surface area contributed by atoms with E-state index in [4.69, 9.17) is 14.2 Å². The minimum atomic E-state index is -1.14. The standard InChI is InChI=1S/C18H24O5/c1-16(2,3)18(20)11-21-14-13(10-22-17(14,18)4)23-15(19)12-8-6-5-7-9-12/h5-9,13-14,20H,10-11H2,1-4H3/t13-,14+,17-,18-/m0/s1. The molecule has 0 aromatic heterocycles. The van der Waals surface area contributed by atoms with E-state index in [2.05, 4.69) is 0 Å². The summed E-state index contributed by atoms with van der Waals surface area (Å²) >= 11 is 0. The lowest BCUT2D eigenvalue weighted by Gasteiger charge is -2.45. The first-order chi connectivity index (χ1) is 10.7. The van der Waals surface area contributed by atoms with Gasteiger partial charge in [-0.05, 0) is 24.5 Å². The average Bonchev–Trinajstić information content (AvgIpc) is 2.95. The number of hydrogen-bond donors (Lipinski definition) is 1. The van der Waals surface area contributed by atoms with Gasteiger partial charge in [0.2, 0.25) is 0 Å². The molecule has 5 heteroatoms. The maximum Gasteiger partial charge on any atom is 0.338 e. The minimum absolute atomic E-state index is 0.164. The van der Waals surface area contributed by atoms with E-state index in [0.717, 1.165) is 0 Å². The number of rotatable bonds is 2. The molecule has 23 heavy (non-hydrogen) atoms. The van der Waals surface area contributed by atoms with Crippen molar-refractivity contribution in [3.05, 3.63) is 35.9 Å². The Kier molecular flexibility index (Phi) is 3.78. The largest absolute Gasteiger partial charge is 0.453 e. The molecule has 1 aromatic rings. The molecule has 2 fully saturated rings. The molecular formula is C18H24O5. The van der Waals surface area contributed by atoms with Gasteiger partial charge in [0.15, 0.2) is 6.10 Å². The summed E-state index contributed by atoms with van der Waals surface area (Å²) in [6, 6.07) is 8.83. The highest BCUT2D eigenvalue weighted by atomic mass is 16.6. The normalized spacial score (nSPS) is 36.7. The Labute approximate surface area is 136 Å². The third-order valence-electron chi connectivity index (χ3n) is 5.23. The van der Waals surface area contributed by atoms with Gasteiger partial charge in [-0.1, -0.05) is 39.0 Å². The summed E-state index contributed by atoms with van der Waals surface area (Å²) in [6.07, 6.45) is -0.997. The molecule has 0 radical (unpaired) electrons. The van der Waals surface area contributed by atoms with Gasteiger partial charge in [-0.2, -0.15) is 0 Å². The fraction of sp³-hybridized carbons (Fsp3) is 0.611. The second kappa shape index (κ2) is 5.30. The van der Waals surface area contributed by atoms with E-state index in [-0.39, 0.29) is 13.2 Å². The molecule has 0 saturated carbocycles. The van der Waals surface area contributed by atoms with Gasteiger partial charge < -0.3 is 19.3 Å². The number of carbonyl (C=O) groups is 1. The fourth-order valence-corrected chi connectivity index (χ4v) is 3.59. The highest BCUT2D eigenvalue weighted by molar-refractivity contribution is 5.89. The van der Waals surface area contributed by atoms with Gasteiger partial charge in [0.05, 0.1) is 18.8 Å². The van der Waals surface area contributed by atoms with Crippen LogP contribution in [0.3, 0.4) is 0 Å². The van der Waals surface area contributed by atoms with E-state index in [1.165, 1.54) is 0 Å². The zero-order chi connectivity index (χ0) is 16.9. The summed E-state index contributed by atoms with van der Waals surface area (Å²) in [5, 5.41) is 11.1. The number of carbonyl (C=O) groups excluding carboxylic acids is 1. The number of ether oxygens (including phenoxy) is 3. The Morgan fingerprint density at radius 1 is 1.30 bits per heavy atom. The molecule has 0 spiro atoms. The molecule has 1 aromatic carbocycles. The Morgan fingerprint density at radius 3 is 2.57 bits per heavy atom. The molecule has 3 rings (SSSR count). The van der Waals surface area contributed by atoms with Crippen LogP contribution < -0.4 is 0 Å². The number of benzene rings is 1. The van der Waals surface area contributed by atoms with Crippen LogP contribution in [0.1, 0.15) is 38.1 Å². The van der Waals surface area contributed by atoms with E-state index in [1.54, 1.807) is 24.3 Å². The van der Waals surface area contributed by atoms with Crippen molar-refractivity contribution in [1.82, 2.24) is 0 Å². The van der Waals surface area contributed by atoms with Crippen LogP contribution in [-0.2, 0) is 14.2 Å². The Balaban J connectivity index is 1.78. The third-order valence-corrected chi connectivity index (χ3v) is 5.23. The van der Waals surface area contributed by atoms with Crippen molar-refractivity contribution in [2.24, 2.45) is 5.41 Å². The number of fused-ring (bicyclic) bond motifs is 1. The number of esters is 1. The second-order valence-corrected chi connectivity index (χ2v) is 7.57. The second-order valence-electron chi connectivity index (χ2n) is 7.57. The molecule has 5 nitrogen and oxygen atoms in total. The Morgan fingerprint density at radius 2 is 1.96 bits per heavy atom. The van der Waals surface area contributed by atoms with E-state index in [9.17, 15) is 9.90 Å². The first-order valence-electron chi connectivity index (χ1n) is 7.93. The highest BCUT2D eigenvalue weighted by Crippen LogP contribution is 2.52. The first-order valence-corrected chi connectivity index (χ1v) is 7.93. The van der Waals surface area contributed by atoms with Crippen LogP contribution in [0.4, 0.5) is 0 Å². The topological polar surface area (TPSA) is 65.0 Å². The predicted molar refractivity (Wildman–Crippen MR) is 84.1 cm³/mol. The smallest absolute Gasteiger partial charge is 0.338 e. The van der Waals surface area contributed by atoms with E-state index < -0.39 is 34.8 Å². The van der Waals surface area contributed by atoms with Crippen molar-refractivity contribution in [2.45, 2.75) is 51.1 Å². The molecule has 126 valence electrons. The molecular weight excluding hydrogens is 296 g/mol. The minimum Gasteiger partial charge on any atom is -0.453 e. The van der Waals surface area contributed by atoms with Gasteiger partial charge in [-0.3, -0.25) is 0 Å². The predicted octanol–water partition coefficient (Wildman–Crippen LogP) is 2.18.